The first-order chi connectivity index (χ1) is 16.0. The summed E-state index contributed by atoms with van der Waals surface area (Å²) in [5.74, 6) is 1.07. The van der Waals surface area contributed by atoms with Crippen molar-refractivity contribution in [2.24, 2.45) is 0 Å². The Morgan fingerprint density at radius 1 is 1.00 bits per heavy atom. The minimum atomic E-state index is -0.177. The lowest BCUT2D eigenvalue weighted by atomic mass is 9.94. The average molecular weight is 473 g/mol. The molecule has 0 fully saturated rings. The van der Waals surface area contributed by atoms with Gasteiger partial charge in [-0.15, -0.1) is 11.3 Å². The number of hydrogen-bond acceptors (Lipinski definition) is 5. The van der Waals surface area contributed by atoms with Crippen molar-refractivity contribution in [1.29, 1.82) is 0 Å². The summed E-state index contributed by atoms with van der Waals surface area (Å²) >= 11 is 7.51. The van der Waals surface area contributed by atoms with Crippen LogP contribution in [0.4, 0.5) is 0 Å². The zero-order valence-electron chi connectivity index (χ0n) is 18.7. The van der Waals surface area contributed by atoms with Crippen LogP contribution in [0.25, 0.3) is 17.0 Å². The van der Waals surface area contributed by atoms with Crippen molar-refractivity contribution in [3.8, 4) is 11.4 Å². The highest BCUT2D eigenvalue weighted by Crippen LogP contribution is 2.38. The summed E-state index contributed by atoms with van der Waals surface area (Å²) in [5, 5.41) is 10.6. The maximum atomic E-state index is 5.83. The number of allylic oxidation sites excluding steroid dienone is 1. The van der Waals surface area contributed by atoms with E-state index in [2.05, 4.69) is 77.9 Å². The SMILES string of the molecule is CC1=C(c2nc(-c3ccc(C)cc3)no2)C(c2ccc(C)cc2)NC(=S)N1Cc1cccs1. The van der Waals surface area contributed by atoms with Crippen molar-refractivity contribution in [1.82, 2.24) is 20.4 Å². The molecule has 7 heteroatoms. The topological polar surface area (TPSA) is 54.2 Å². The second kappa shape index (κ2) is 8.92. The van der Waals surface area contributed by atoms with Crippen LogP contribution in [0.15, 0.2) is 76.3 Å². The van der Waals surface area contributed by atoms with Crippen molar-refractivity contribution >= 4 is 34.2 Å². The summed E-state index contributed by atoms with van der Waals surface area (Å²) in [6.07, 6.45) is 0. The highest BCUT2D eigenvalue weighted by Gasteiger charge is 2.34. The molecule has 2 aromatic carbocycles. The van der Waals surface area contributed by atoms with E-state index in [-0.39, 0.29) is 6.04 Å². The molecule has 1 aliphatic heterocycles. The van der Waals surface area contributed by atoms with Crippen molar-refractivity contribution in [2.75, 3.05) is 0 Å². The van der Waals surface area contributed by atoms with E-state index in [1.165, 1.54) is 16.0 Å². The summed E-state index contributed by atoms with van der Waals surface area (Å²) in [7, 11) is 0. The maximum Gasteiger partial charge on any atom is 0.258 e. The van der Waals surface area contributed by atoms with Crippen LogP contribution in [0, 0.1) is 13.8 Å². The zero-order chi connectivity index (χ0) is 22.9. The van der Waals surface area contributed by atoms with Crippen molar-refractivity contribution in [3.05, 3.63) is 99.2 Å². The molecule has 4 aromatic rings. The van der Waals surface area contributed by atoms with Crippen LogP contribution >= 0.6 is 23.6 Å². The molecule has 2 aromatic heterocycles. The molecule has 5 nitrogen and oxygen atoms in total. The molecule has 1 N–H and O–H groups in total. The number of thiophene rings is 1. The normalized spacial score (nSPS) is 16.3. The van der Waals surface area contributed by atoms with Gasteiger partial charge in [-0.2, -0.15) is 4.98 Å². The molecular formula is C26H24N4OS2. The van der Waals surface area contributed by atoms with E-state index < -0.39 is 0 Å². The summed E-state index contributed by atoms with van der Waals surface area (Å²) < 4.78 is 5.83. The number of benzene rings is 2. The lowest BCUT2D eigenvalue weighted by Gasteiger charge is -2.37. The van der Waals surface area contributed by atoms with Gasteiger partial charge >= 0.3 is 0 Å². The molecule has 0 bridgehead atoms. The Bertz CT molecular complexity index is 1310. The Kier molecular flexibility index (Phi) is 5.83. The van der Waals surface area contributed by atoms with E-state index in [0.29, 0.717) is 23.4 Å². The summed E-state index contributed by atoms with van der Waals surface area (Å²) in [4.78, 5) is 8.13. The summed E-state index contributed by atoms with van der Waals surface area (Å²) in [6.45, 7) is 6.91. The molecule has 0 amide bonds. The van der Waals surface area contributed by atoms with E-state index in [9.17, 15) is 0 Å². The minimum Gasteiger partial charge on any atom is -0.351 e. The first-order valence-electron chi connectivity index (χ1n) is 10.8. The zero-order valence-corrected chi connectivity index (χ0v) is 20.3. The first-order valence-corrected chi connectivity index (χ1v) is 12.1. The predicted molar refractivity (Wildman–Crippen MR) is 137 cm³/mol. The number of thiocarbonyl (C=S) groups is 1. The van der Waals surface area contributed by atoms with Gasteiger partial charge in [0.25, 0.3) is 5.89 Å². The van der Waals surface area contributed by atoms with E-state index in [1.807, 2.05) is 24.3 Å². The quantitative estimate of drug-likeness (QED) is 0.345. The van der Waals surface area contributed by atoms with Crippen LogP contribution < -0.4 is 5.32 Å². The number of aryl methyl sites for hydroxylation is 2. The van der Waals surface area contributed by atoms with Gasteiger partial charge in [0.15, 0.2) is 5.11 Å². The second-order valence-electron chi connectivity index (χ2n) is 8.25. The van der Waals surface area contributed by atoms with Gasteiger partial charge in [0.2, 0.25) is 5.82 Å². The van der Waals surface area contributed by atoms with E-state index in [1.54, 1.807) is 11.3 Å². The molecule has 0 saturated carbocycles. The summed E-state index contributed by atoms with van der Waals surface area (Å²) in [6, 6.07) is 20.6. The van der Waals surface area contributed by atoms with E-state index in [4.69, 9.17) is 21.7 Å². The number of aromatic nitrogens is 2. The standard InChI is InChI=1S/C26H24N4OS2/c1-16-6-10-19(11-7-16)23-22(18(3)30(26(32)27-23)15-21-5-4-14-33-21)25-28-24(29-31-25)20-12-8-17(2)9-13-20/h4-14,23H,15H2,1-3H3,(H,27,32). The molecular weight excluding hydrogens is 448 g/mol. The third-order valence-corrected chi connectivity index (χ3v) is 7.07. The smallest absolute Gasteiger partial charge is 0.258 e. The van der Waals surface area contributed by atoms with Crippen LogP contribution in [0.3, 0.4) is 0 Å². The Balaban J connectivity index is 1.59. The molecule has 33 heavy (non-hydrogen) atoms. The third-order valence-electron chi connectivity index (χ3n) is 5.87. The molecule has 0 aliphatic carbocycles. The molecule has 1 aliphatic rings. The number of nitrogens with zero attached hydrogens (tertiary/aromatic N) is 3. The second-order valence-corrected chi connectivity index (χ2v) is 9.67. The molecule has 1 unspecified atom stereocenters. The fourth-order valence-corrected chi connectivity index (χ4v) is 4.98. The molecule has 166 valence electrons. The number of nitrogens with one attached hydrogen (secondary N) is 1. The monoisotopic (exact) mass is 472 g/mol. The fraction of sp³-hybridized carbons (Fsp3) is 0.192. The van der Waals surface area contributed by atoms with Crippen molar-refractivity contribution in [2.45, 2.75) is 33.4 Å². The highest BCUT2D eigenvalue weighted by atomic mass is 32.1. The van der Waals surface area contributed by atoms with Gasteiger partial charge in [-0.3, -0.25) is 0 Å². The van der Waals surface area contributed by atoms with Crippen LogP contribution in [0.1, 0.15) is 40.4 Å². The highest BCUT2D eigenvalue weighted by molar-refractivity contribution is 7.80. The Labute approximate surface area is 202 Å². The molecule has 0 saturated heterocycles. The first kappa shape index (κ1) is 21.6. The van der Waals surface area contributed by atoms with Gasteiger partial charge in [-0.1, -0.05) is 70.9 Å². The largest absolute Gasteiger partial charge is 0.351 e. The van der Waals surface area contributed by atoms with Crippen LogP contribution in [0.2, 0.25) is 0 Å². The molecule has 3 heterocycles. The van der Waals surface area contributed by atoms with Gasteiger partial charge in [0.1, 0.15) is 0 Å². The minimum absolute atomic E-state index is 0.177. The lowest BCUT2D eigenvalue weighted by molar-refractivity contribution is 0.396. The Morgan fingerprint density at radius 3 is 2.36 bits per heavy atom. The van der Waals surface area contributed by atoms with Gasteiger partial charge in [0.05, 0.1) is 18.2 Å². The van der Waals surface area contributed by atoms with Gasteiger partial charge in [0, 0.05) is 16.1 Å². The number of hydrogen-bond donors (Lipinski definition) is 1. The average Bonchev–Trinajstić information content (AvgIpc) is 3.50. The fourth-order valence-electron chi connectivity index (χ4n) is 3.97. The van der Waals surface area contributed by atoms with Gasteiger partial charge in [-0.25, -0.2) is 0 Å². The maximum absolute atomic E-state index is 5.83. The van der Waals surface area contributed by atoms with Crippen LogP contribution in [-0.2, 0) is 6.54 Å². The molecule has 0 radical (unpaired) electrons. The van der Waals surface area contributed by atoms with E-state index in [0.717, 1.165) is 22.4 Å². The molecule has 1 atom stereocenters. The van der Waals surface area contributed by atoms with Gasteiger partial charge in [-0.05, 0) is 50.0 Å². The number of rotatable bonds is 5. The van der Waals surface area contributed by atoms with E-state index >= 15 is 0 Å². The Morgan fingerprint density at radius 2 is 1.70 bits per heavy atom. The summed E-state index contributed by atoms with van der Waals surface area (Å²) in [5.41, 5.74) is 6.37. The molecule has 0 spiro atoms. The van der Waals surface area contributed by atoms with Gasteiger partial charge < -0.3 is 14.7 Å². The predicted octanol–water partition coefficient (Wildman–Crippen LogP) is 6.28. The Hall–Kier alpha value is -3.29. The third kappa shape index (κ3) is 4.34. The van der Waals surface area contributed by atoms with Crippen LogP contribution in [-0.4, -0.2) is 20.2 Å². The molecule has 5 rings (SSSR count). The van der Waals surface area contributed by atoms with Crippen LogP contribution in [0.5, 0.6) is 0 Å². The van der Waals surface area contributed by atoms with Crippen molar-refractivity contribution < 1.29 is 4.52 Å². The van der Waals surface area contributed by atoms with Crippen molar-refractivity contribution in [3.63, 3.8) is 0 Å². The lowest BCUT2D eigenvalue weighted by Crippen LogP contribution is -2.45.